The first-order valence-corrected chi connectivity index (χ1v) is 11.3. The Labute approximate surface area is 184 Å². The Balaban J connectivity index is 1.65. The third-order valence-corrected chi connectivity index (χ3v) is 6.29. The lowest BCUT2D eigenvalue weighted by atomic mass is 10.1. The maximum absolute atomic E-state index is 9.56. The highest BCUT2D eigenvalue weighted by Gasteiger charge is 2.12. The average Bonchev–Trinajstić information content (AvgIpc) is 3.12. The first-order chi connectivity index (χ1) is 14.0. The zero-order chi connectivity index (χ0) is 20.4. The summed E-state index contributed by atoms with van der Waals surface area (Å²) >= 11 is 13.7. The highest BCUT2D eigenvalue weighted by atomic mass is 35.5. The maximum Gasteiger partial charge on any atom is 0.223 e. The number of hydrogen-bond acceptors (Lipinski definition) is 6. The summed E-state index contributed by atoms with van der Waals surface area (Å²) in [6, 6.07) is 17.6. The molecule has 1 N–H and O–H groups in total. The van der Waals surface area contributed by atoms with Crippen LogP contribution in [0, 0.1) is 6.92 Å². The van der Waals surface area contributed by atoms with Crippen molar-refractivity contribution in [2.75, 3.05) is 10.6 Å². The molecule has 1 atom stereocenters. The Morgan fingerprint density at radius 1 is 1.03 bits per heavy atom. The number of anilines is 1. The molecule has 0 bridgehead atoms. The molecule has 0 fully saturated rings. The summed E-state index contributed by atoms with van der Waals surface area (Å²) < 4.78 is 7.09. The van der Waals surface area contributed by atoms with Crippen molar-refractivity contribution in [2.45, 2.75) is 11.8 Å². The zero-order valence-corrected chi connectivity index (χ0v) is 18.6. The lowest BCUT2D eigenvalue weighted by molar-refractivity contribution is 0.394. The Bertz CT molecular complexity index is 1150. The molecular weight excluding hydrogens is 448 g/mol. The van der Waals surface area contributed by atoms with E-state index in [1.807, 2.05) is 46.8 Å². The van der Waals surface area contributed by atoms with Crippen molar-refractivity contribution < 1.29 is 9.42 Å². The summed E-state index contributed by atoms with van der Waals surface area (Å²) in [6.07, 6.45) is 0.487. The number of halogens is 2. The Hall–Kier alpha value is -1.82. The smallest absolute Gasteiger partial charge is 0.223 e. The fourth-order valence-electron chi connectivity index (χ4n) is 2.89. The first kappa shape index (κ1) is 20.5. The second kappa shape index (κ2) is 8.90. The third kappa shape index (κ3) is 4.85. The van der Waals surface area contributed by atoms with Gasteiger partial charge in [0.15, 0.2) is 0 Å². The second-order valence-corrected chi connectivity index (χ2v) is 8.87. The van der Waals surface area contributed by atoms with E-state index in [0.717, 1.165) is 26.9 Å². The van der Waals surface area contributed by atoms with E-state index >= 15 is 0 Å². The van der Waals surface area contributed by atoms with Crippen molar-refractivity contribution in [1.29, 1.82) is 0 Å². The molecule has 148 valence electrons. The van der Waals surface area contributed by atoms with E-state index in [-0.39, 0.29) is 8.81 Å². The molecule has 0 radical (unpaired) electrons. The molecule has 0 saturated carbocycles. The summed E-state index contributed by atoms with van der Waals surface area (Å²) in [6.45, 7) is 1.77. The fourth-order valence-corrected chi connectivity index (χ4v) is 5.12. The summed E-state index contributed by atoms with van der Waals surface area (Å²) in [5.41, 5.74) is 1.88. The van der Waals surface area contributed by atoms with E-state index in [9.17, 15) is 4.89 Å². The number of rotatable bonds is 6. The van der Waals surface area contributed by atoms with Gasteiger partial charge in [0.1, 0.15) is 0 Å². The SMILES string of the molecule is Cc1nc(-c2ccc3cc(N(CPO)Sc4cc(Cl)cc(Cl)c4)ccc3c2)no1. The van der Waals surface area contributed by atoms with Gasteiger partial charge in [-0.2, -0.15) is 4.98 Å². The van der Waals surface area contributed by atoms with Crippen LogP contribution >= 0.6 is 44.0 Å². The van der Waals surface area contributed by atoms with Gasteiger partial charge < -0.3 is 13.7 Å². The summed E-state index contributed by atoms with van der Waals surface area (Å²) in [5.74, 6) is 1.11. The van der Waals surface area contributed by atoms with Gasteiger partial charge in [-0.15, -0.1) is 0 Å². The van der Waals surface area contributed by atoms with E-state index in [2.05, 4.69) is 16.2 Å². The topological polar surface area (TPSA) is 62.4 Å². The van der Waals surface area contributed by atoms with E-state index in [1.54, 1.807) is 13.0 Å². The van der Waals surface area contributed by atoms with Crippen molar-refractivity contribution in [3.05, 3.63) is 70.5 Å². The molecule has 29 heavy (non-hydrogen) atoms. The van der Waals surface area contributed by atoms with E-state index in [4.69, 9.17) is 27.7 Å². The Morgan fingerprint density at radius 2 is 1.76 bits per heavy atom. The number of fused-ring (bicyclic) bond motifs is 1. The van der Waals surface area contributed by atoms with Crippen LogP contribution in [-0.4, -0.2) is 21.3 Å². The monoisotopic (exact) mass is 463 g/mol. The minimum atomic E-state index is -0.220. The van der Waals surface area contributed by atoms with Gasteiger partial charge in [-0.3, -0.25) is 0 Å². The number of aryl methyl sites for hydroxylation is 1. The van der Waals surface area contributed by atoms with Crippen LogP contribution in [-0.2, 0) is 0 Å². The summed E-state index contributed by atoms with van der Waals surface area (Å²) in [4.78, 5) is 14.7. The molecular formula is C20H16Cl2N3O2PS. The number of nitrogens with zero attached hydrogens (tertiary/aromatic N) is 3. The van der Waals surface area contributed by atoms with Gasteiger partial charge in [0, 0.05) is 41.9 Å². The van der Waals surface area contributed by atoms with Gasteiger partial charge in [0.25, 0.3) is 0 Å². The molecule has 1 aromatic heterocycles. The fraction of sp³-hybridized carbons (Fsp3) is 0.100. The van der Waals surface area contributed by atoms with Gasteiger partial charge in [-0.05, 0) is 59.1 Å². The van der Waals surface area contributed by atoms with Crippen LogP contribution in [0.25, 0.3) is 22.2 Å². The molecule has 0 aliphatic heterocycles. The predicted octanol–water partition coefficient (Wildman–Crippen LogP) is 6.56. The number of aromatic nitrogens is 2. The molecule has 0 amide bonds. The van der Waals surface area contributed by atoms with Gasteiger partial charge in [-0.1, -0.05) is 46.6 Å². The quantitative estimate of drug-likeness (QED) is 0.258. The van der Waals surface area contributed by atoms with Crippen molar-refractivity contribution >= 4 is 60.4 Å². The van der Waals surface area contributed by atoms with Crippen LogP contribution in [0.2, 0.25) is 10.0 Å². The maximum atomic E-state index is 9.56. The molecule has 0 spiro atoms. The molecule has 4 rings (SSSR count). The number of benzene rings is 3. The molecule has 9 heteroatoms. The molecule has 0 aliphatic rings. The first-order valence-electron chi connectivity index (χ1n) is 8.65. The van der Waals surface area contributed by atoms with E-state index < -0.39 is 0 Å². The van der Waals surface area contributed by atoms with Gasteiger partial charge >= 0.3 is 0 Å². The normalized spacial score (nSPS) is 11.6. The molecule has 5 nitrogen and oxygen atoms in total. The average molecular weight is 464 g/mol. The Morgan fingerprint density at radius 3 is 2.45 bits per heavy atom. The molecule has 0 saturated heterocycles. The molecule has 1 unspecified atom stereocenters. The van der Waals surface area contributed by atoms with Gasteiger partial charge in [-0.25, -0.2) is 0 Å². The second-order valence-electron chi connectivity index (χ2n) is 6.27. The summed E-state index contributed by atoms with van der Waals surface area (Å²) in [5, 5.41) is 7.27. The zero-order valence-electron chi connectivity index (χ0n) is 15.3. The molecule has 4 aromatic rings. The van der Waals surface area contributed by atoms with Crippen LogP contribution in [0.1, 0.15) is 5.89 Å². The number of hydrogen-bond donors (Lipinski definition) is 1. The third-order valence-electron chi connectivity index (χ3n) is 4.16. The standard InChI is InChI=1S/C20H16Cl2N3O2PS/c1-12-23-20(24-27-12)15-3-2-14-7-18(5-4-13(14)6-15)25(11-28-26)29-19-9-16(21)8-17(22)10-19/h2-10,26,28H,11H2,1H3. The van der Waals surface area contributed by atoms with E-state index in [0.29, 0.717) is 28.0 Å². The van der Waals surface area contributed by atoms with E-state index in [1.165, 1.54) is 11.9 Å². The van der Waals surface area contributed by atoms with Crippen molar-refractivity contribution in [1.82, 2.24) is 10.1 Å². The summed E-state index contributed by atoms with van der Waals surface area (Å²) in [7, 11) is -0.220. The largest absolute Gasteiger partial charge is 0.375 e. The van der Waals surface area contributed by atoms with Crippen LogP contribution in [0.5, 0.6) is 0 Å². The molecule has 3 aromatic carbocycles. The van der Waals surface area contributed by atoms with Crippen molar-refractivity contribution in [3.63, 3.8) is 0 Å². The van der Waals surface area contributed by atoms with Gasteiger partial charge in [0.05, 0.1) is 6.29 Å². The van der Waals surface area contributed by atoms with Crippen molar-refractivity contribution in [3.8, 4) is 11.4 Å². The van der Waals surface area contributed by atoms with Crippen LogP contribution in [0.15, 0.2) is 64.0 Å². The highest BCUT2D eigenvalue weighted by Crippen LogP contribution is 2.36. The van der Waals surface area contributed by atoms with Gasteiger partial charge in [0.2, 0.25) is 11.7 Å². The Kier molecular flexibility index (Phi) is 6.28. The lowest BCUT2D eigenvalue weighted by Gasteiger charge is -2.23. The minimum absolute atomic E-state index is 0.220. The van der Waals surface area contributed by atoms with Crippen LogP contribution < -0.4 is 4.31 Å². The highest BCUT2D eigenvalue weighted by molar-refractivity contribution is 8.00. The van der Waals surface area contributed by atoms with Crippen LogP contribution in [0.3, 0.4) is 0 Å². The molecule has 0 aliphatic carbocycles. The predicted molar refractivity (Wildman–Crippen MR) is 122 cm³/mol. The van der Waals surface area contributed by atoms with Crippen molar-refractivity contribution in [2.24, 2.45) is 0 Å². The lowest BCUT2D eigenvalue weighted by Crippen LogP contribution is -2.12. The van der Waals surface area contributed by atoms with Crippen LogP contribution in [0.4, 0.5) is 5.69 Å². The minimum Gasteiger partial charge on any atom is -0.375 e. The molecule has 1 heterocycles.